The summed E-state index contributed by atoms with van der Waals surface area (Å²) in [5.41, 5.74) is -0.228. The second-order valence-corrected chi connectivity index (χ2v) is 4.42. The van der Waals surface area contributed by atoms with E-state index < -0.39 is 18.6 Å². The monoisotopic (exact) mass is 254 g/mol. The maximum absolute atomic E-state index is 11.8. The van der Waals surface area contributed by atoms with Crippen LogP contribution in [0.2, 0.25) is 0 Å². The lowest BCUT2D eigenvalue weighted by Crippen LogP contribution is -2.51. The highest BCUT2D eigenvalue weighted by Crippen LogP contribution is 2.19. The largest absolute Gasteiger partial charge is 0.405 e. The van der Waals surface area contributed by atoms with Crippen LogP contribution in [0, 0.1) is 0 Å². The van der Waals surface area contributed by atoms with Crippen molar-refractivity contribution in [2.24, 2.45) is 0 Å². The van der Waals surface area contributed by atoms with Crippen molar-refractivity contribution in [3.63, 3.8) is 0 Å². The standard InChI is InChI=1S/C10H17F3N2O2/c1-9(2-4-17-5-3-9)15-6-8(16)14-7-10(11,12)13/h15H,2-7H2,1H3,(H,14,16). The van der Waals surface area contributed by atoms with Crippen molar-refractivity contribution in [1.82, 2.24) is 10.6 Å². The van der Waals surface area contributed by atoms with Gasteiger partial charge in [-0.2, -0.15) is 13.2 Å². The van der Waals surface area contributed by atoms with Crippen LogP contribution >= 0.6 is 0 Å². The third-order valence-electron chi connectivity index (χ3n) is 2.76. The van der Waals surface area contributed by atoms with E-state index in [9.17, 15) is 18.0 Å². The van der Waals surface area contributed by atoms with E-state index >= 15 is 0 Å². The van der Waals surface area contributed by atoms with Crippen LogP contribution in [-0.2, 0) is 9.53 Å². The average Bonchev–Trinajstić information content (AvgIpc) is 2.24. The first-order chi connectivity index (χ1) is 7.81. The van der Waals surface area contributed by atoms with Crippen molar-refractivity contribution >= 4 is 5.91 Å². The van der Waals surface area contributed by atoms with Gasteiger partial charge in [0.25, 0.3) is 0 Å². The van der Waals surface area contributed by atoms with E-state index in [1.54, 1.807) is 0 Å². The first-order valence-electron chi connectivity index (χ1n) is 5.47. The summed E-state index contributed by atoms with van der Waals surface area (Å²) >= 11 is 0. The molecule has 0 unspecified atom stereocenters. The van der Waals surface area contributed by atoms with E-state index in [2.05, 4.69) is 5.32 Å². The summed E-state index contributed by atoms with van der Waals surface area (Å²) < 4.78 is 40.7. The molecule has 17 heavy (non-hydrogen) atoms. The number of nitrogens with one attached hydrogen (secondary N) is 2. The molecule has 0 atom stereocenters. The first kappa shape index (κ1) is 14.2. The molecule has 0 radical (unpaired) electrons. The van der Waals surface area contributed by atoms with Gasteiger partial charge in [0.2, 0.25) is 5.91 Å². The summed E-state index contributed by atoms with van der Waals surface area (Å²) in [6.45, 7) is 1.76. The van der Waals surface area contributed by atoms with Crippen molar-refractivity contribution in [1.29, 1.82) is 0 Å². The number of alkyl halides is 3. The molecular weight excluding hydrogens is 237 g/mol. The molecular formula is C10H17F3N2O2. The van der Waals surface area contributed by atoms with Gasteiger partial charge in [0.1, 0.15) is 6.54 Å². The SMILES string of the molecule is CC1(NCC(=O)NCC(F)(F)F)CCOCC1. The van der Waals surface area contributed by atoms with Crippen LogP contribution in [0.15, 0.2) is 0 Å². The van der Waals surface area contributed by atoms with Gasteiger partial charge in [-0.15, -0.1) is 0 Å². The quantitative estimate of drug-likeness (QED) is 0.781. The molecule has 0 bridgehead atoms. The maximum Gasteiger partial charge on any atom is 0.405 e. The molecule has 1 aliphatic heterocycles. The highest BCUT2D eigenvalue weighted by Gasteiger charge is 2.29. The normalized spacial score (nSPS) is 20.0. The zero-order valence-corrected chi connectivity index (χ0v) is 9.69. The minimum Gasteiger partial charge on any atom is -0.381 e. The first-order valence-corrected chi connectivity index (χ1v) is 5.47. The highest BCUT2D eigenvalue weighted by atomic mass is 19.4. The molecule has 0 aromatic carbocycles. The van der Waals surface area contributed by atoms with Crippen molar-refractivity contribution in [2.45, 2.75) is 31.5 Å². The van der Waals surface area contributed by atoms with E-state index in [0.717, 1.165) is 12.8 Å². The topological polar surface area (TPSA) is 50.4 Å². The third-order valence-corrected chi connectivity index (χ3v) is 2.76. The molecule has 0 saturated carbocycles. The summed E-state index contributed by atoms with van der Waals surface area (Å²) in [6.07, 6.45) is -2.86. The van der Waals surface area contributed by atoms with Crippen LogP contribution in [0.4, 0.5) is 13.2 Å². The number of hydrogen-bond donors (Lipinski definition) is 2. The molecule has 1 heterocycles. The summed E-state index contributed by atoms with van der Waals surface area (Å²) in [6, 6.07) is 0. The van der Waals surface area contributed by atoms with E-state index in [-0.39, 0.29) is 12.1 Å². The lowest BCUT2D eigenvalue weighted by Gasteiger charge is -2.34. The van der Waals surface area contributed by atoms with Gasteiger partial charge in [-0.05, 0) is 19.8 Å². The van der Waals surface area contributed by atoms with Crippen LogP contribution in [-0.4, -0.2) is 43.9 Å². The fourth-order valence-corrected chi connectivity index (χ4v) is 1.55. The van der Waals surface area contributed by atoms with Crippen LogP contribution in [0.5, 0.6) is 0 Å². The molecule has 0 aliphatic carbocycles. The molecule has 0 aromatic rings. The van der Waals surface area contributed by atoms with Crippen molar-refractivity contribution in [3.05, 3.63) is 0 Å². The zero-order valence-electron chi connectivity index (χ0n) is 9.69. The number of ether oxygens (including phenoxy) is 1. The van der Waals surface area contributed by atoms with E-state index in [1.807, 2.05) is 12.2 Å². The molecule has 4 nitrogen and oxygen atoms in total. The number of hydrogen-bond acceptors (Lipinski definition) is 3. The Balaban J connectivity index is 2.23. The van der Waals surface area contributed by atoms with Crippen LogP contribution < -0.4 is 10.6 Å². The van der Waals surface area contributed by atoms with Gasteiger partial charge in [-0.1, -0.05) is 0 Å². The molecule has 0 aromatic heterocycles. The summed E-state index contributed by atoms with van der Waals surface area (Å²) in [5.74, 6) is -0.643. The van der Waals surface area contributed by atoms with Crippen molar-refractivity contribution in [3.8, 4) is 0 Å². The summed E-state index contributed by atoms with van der Waals surface area (Å²) in [4.78, 5) is 11.2. The zero-order chi connectivity index (χ0) is 12.9. The number of amides is 1. The Hall–Kier alpha value is -0.820. The molecule has 1 aliphatic rings. The van der Waals surface area contributed by atoms with Gasteiger partial charge in [0, 0.05) is 18.8 Å². The molecule has 0 spiro atoms. The fraction of sp³-hybridized carbons (Fsp3) is 0.900. The summed E-state index contributed by atoms with van der Waals surface area (Å²) in [7, 11) is 0. The smallest absolute Gasteiger partial charge is 0.381 e. The van der Waals surface area contributed by atoms with Crippen LogP contribution in [0.3, 0.4) is 0 Å². The molecule has 1 fully saturated rings. The second-order valence-electron chi connectivity index (χ2n) is 4.42. The van der Waals surface area contributed by atoms with Gasteiger partial charge < -0.3 is 15.4 Å². The molecule has 2 N–H and O–H groups in total. The van der Waals surface area contributed by atoms with Gasteiger partial charge in [-0.3, -0.25) is 4.79 Å². The Labute approximate surface area is 97.9 Å². The third kappa shape index (κ3) is 5.88. The van der Waals surface area contributed by atoms with Gasteiger partial charge in [0.05, 0.1) is 6.54 Å². The van der Waals surface area contributed by atoms with E-state index in [4.69, 9.17) is 4.74 Å². The van der Waals surface area contributed by atoms with Crippen LogP contribution in [0.1, 0.15) is 19.8 Å². The minimum atomic E-state index is -4.36. The van der Waals surface area contributed by atoms with Crippen molar-refractivity contribution < 1.29 is 22.7 Å². The van der Waals surface area contributed by atoms with Gasteiger partial charge in [-0.25, -0.2) is 0 Å². The minimum absolute atomic E-state index is 0.105. The van der Waals surface area contributed by atoms with E-state index in [0.29, 0.717) is 13.2 Å². The van der Waals surface area contributed by atoms with Crippen molar-refractivity contribution in [2.75, 3.05) is 26.3 Å². The Kier molecular flexibility index (Phi) is 4.76. The Bertz CT molecular complexity index is 263. The lowest BCUT2D eigenvalue weighted by atomic mass is 9.92. The number of carbonyl (C=O) groups excluding carboxylic acids is 1. The Morgan fingerprint density at radius 2 is 1.94 bits per heavy atom. The molecule has 100 valence electrons. The second kappa shape index (κ2) is 5.68. The van der Waals surface area contributed by atoms with Crippen LogP contribution in [0.25, 0.3) is 0 Å². The average molecular weight is 254 g/mol. The Morgan fingerprint density at radius 3 is 2.47 bits per heavy atom. The predicted molar refractivity (Wildman–Crippen MR) is 55.5 cm³/mol. The molecule has 1 rings (SSSR count). The van der Waals surface area contributed by atoms with Gasteiger partial charge >= 0.3 is 6.18 Å². The maximum atomic E-state index is 11.8. The predicted octanol–water partition coefficient (Wildman–Crippen LogP) is 0.824. The number of halogens is 3. The molecule has 1 saturated heterocycles. The summed E-state index contributed by atoms with van der Waals surface area (Å²) in [5, 5.41) is 4.80. The fourth-order valence-electron chi connectivity index (χ4n) is 1.55. The Morgan fingerprint density at radius 1 is 1.35 bits per heavy atom. The number of rotatable bonds is 4. The highest BCUT2D eigenvalue weighted by molar-refractivity contribution is 5.78. The molecule has 7 heteroatoms. The van der Waals surface area contributed by atoms with Gasteiger partial charge in [0.15, 0.2) is 0 Å². The number of carbonyl (C=O) groups is 1. The van der Waals surface area contributed by atoms with E-state index in [1.165, 1.54) is 0 Å². The molecule has 1 amide bonds. The lowest BCUT2D eigenvalue weighted by molar-refractivity contribution is -0.138.